The Hall–Kier alpha value is -1.34. The van der Waals surface area contributed by atoms with Crippen LogP contribution in [0.5, 0.6) is 0 Å². The van der Waals surface area contributed by atoms with Gasteiger partial charge in [-0.1, -0.05) is 11.3 Å². The summed E-state index contributed by atoms with van der Waals surface area (Å²) in [6.45, 7) is 5.73. The number of nitrogens with zero attached hydrogens (tertiary/aromatic N) is 2. The van der Waals surface area contributed by atoms with Crippen LogP contribution in [-0.4, -0.2) is 46.6 Å². The molecule has 1 saturated heterocycles. The molecule has 4 N–H and O–H groups in total. The highest BCUT2D eigenvalue weighted by molar-refractivity contribution is 7.18. The molecule has 2 rings (SSSR count). The number of likely N-dealkylation sites (tertiary alicyclic amines) is 1. The maximum absolute atomic E-state index is 12.4. The lowest BCUT2D eigenvalue weighted by molar-refractivity contribution is 0.0768. The Morgan fingerprint density at radius 2 is 2.47 bits per heavy atom. The number of hydrogen-bond donors (Lipinski definition) is 3. The molecule has 0 bridgehead atoms. The van der Waals surface area contributed by atoms with Crippen LogP contribution in [0.3, 0.4) is 0 Å². The van der Waals surface area contributed by atoms with Crippen molar-refractivity contribution in [3.05, 3.63) is 4.88 Å². The Labute approximate surface area is 116 Å². The standard InChI is InChI=1S/C12H20N4O2S/c1-3-14-12-15-10(13)9(19-12)11(18)16-5-4-8(6-16)7(2)17/h7-8,17H,3-6,13H2,1-2H3,(H,14,15). The number of nitrogen functional groups attached to an aromatic ring is 1. The first kappa shape index (κ1) is 14.1. The van der Waals surface area contributed by atoms with Crippen molar-refractivity contribution in [1.29, 1.82) is 0 Å². The number of nitrogens with one attached hydrogen (secondary N) is 1. The molecule has 2 heterocycles. The van der Waals surface area contributed by atoms with Crippen LogP contribution in [0.1, 0.15) is 29.9 Å². The van der Waals surface area contributed by atoms with Crippen molar-refractivity contribution >= 4 is 28.2 Å². The minimum absolute atomic E-state index is 0.0812. The Bertz CT molecular complexity index is 461. The third-order valence-corrected chi connectivity index (χ3v) is 4.39. The Balaban J connectivity index is 2.08. The smallest absolute Gasteiger partial charge is 0.267 e. The van der Waals surface area contributed by atoms with E-state index in [-0.39, 0.29) is 23.7 Å². The van der Waals surface area contributed by atoms with Crippen LogP contribution in [0.25, 0.3) is 0 Å². The zero-order valence-electron chi connectivity index (χ0n) is 11.2. The first-order valence-electron chi connectivity index (χ1n) is 6.50. The number of hydrogen-bond acceptors (Lipinski definition) is 6. The average molecular weight is 284 g/mol. The highest BCUT2D eigenvalue weighted by Crippen LogP contribution is 2.29. The van der Waals surface area contributed by atoms with Crippen LogP contribution < -0.4 is 11.1 Å². The van der Waals surface area contributed by atoms with E-state index >= 15 is 0 Å². The van der Waals surface area contributed by atoms with Crippen LogP contribution >= 0.6 is 11.3 Å². The maximum Gasteiger partial charge on any atom is 0.267 e. The number of aromatic nitrogens is 1. The summed E-state index contributed by atoms with van der Waals surface area (Å²) in [5, 5.41) is 13.3. The lowest BCUT2D eigenvalue weighted by Crippen LogP contribution is -2.30. The van der Waals surface area contributed by atoms with E-state index in [1.54, 1.807) is 11.8 Å². The zero-order chi connectivity index (χ0) is 14.0. The van der Waals surface area contributed by atoms with Gasteiger partial charge in [0.25, 0.3) is 5.91 Å². The van der Waals surface area contributed by atoms with Crippen LogP contribution in [-0.2, 0) is 0 Å². The second kappa shape index (κ2) is 5.75. The van der Waals surface area contributed by atoms with Gasteiger partial charge in [0.1, 0.15) is 10.7 Å². The van der Waals surface area contributed by atoms with E-state index in [4.69, 9.17) is 5.73 Å². The number of nitrogens with two attached hydrogens (primary N) is 1. The summed E-state index contributed by atoms with van der Waals surface area (Å²) in [6, 6.07) is 0. The van der Waals surface area contributed by atoms with Crippen LogP contribution in [0.4, 0.5) is 10.9 Å². The van der Waals surface area contributed by atoms with Gasteiger partial charge in [-0.25, -0.2) is 4.98 Å². The number of thiazole rings is 1. The van der Waals surface area contributed by atoms with Crippen molar-refractivity contribution < 1.29 is 9.90 Å². The topological polar surface area (TPSA) is 91.5 Å². The molecule has 106 valence electrons. The largest absolute Gasteiger partial charge is 0.393 e. The molecule has 0 spiro atoms. The molecule has 0 aromatic carbocycles. The fourth-order valence-electron chi connectivity index (χ4n) is 2.22. The lowest BCUT2D eigenvalue weighted by Gasteiger charge is -2.16. The lowest BCUT2D eigenvalue weighted by atomic mass is 10.0. The molecule has 7 heteroatoms. The highest BCUT2D eigenvalue weighted by atomic mass is 32.1. The monoisotopic (exact) mass is 284 g/mol. The van der Waals surface area contributed by atoms with E-state index < -0.39 is 0 Å². The van der Waals surface area contributed by atoms with E-state index in [1.807, 2.05) is 6.92 Å². The summed E-state index contributed by atoms with van der Waals surface area (Å²) in [7, 11) is 0. The molecule has 1 amide bonds. The fourth-order valence-corrected chi connectivity index (χ4v) is 3.14. The molecule has 1 aliphatic heterocycles. The minimum atomic E-state index is -0.381. The van der Waals surface area contributed by atoms with Crippen molar-refractivity contribution in [2.75, 3.05) is 30.7 Å². The number of anilines is 2. The number of carbonyl (C=O) groups excluding carboxylic acids is 1. The third-order valence-electron chi connectivity index (χ3n) is 3.37. The maximum atomic E-state index is 12.4. The van der Waals surface area contributed by atoms with Crippen molar-refractivity contribution in [2.24, 2.45) is 5.92 Å². The summed E-state index contributed by atoms with van der Waals surface area (Å²) in [6.07, 6.45) is 0.455. The van der Waals surface area contributed by atoms with E-state index in [9.17, 15) is 9.90 Å². The highest BCUT2D eigenvalue weighted by Gasteiger charge is 2.31. The van der Waals surface area contributed by atoms with Crippen LogP contribution in [0, 0.1) is 5.92 Å². The molecule has 0 aliphatic carbocycles. The Kier molecular flexibility index (Phi) is 4.26. The molecule has 2 atom stereocenters. The van der Waals surface area contributed by atoms with Gasteiger partial charge in [-0.15, -0.1) is 0 Å². The Morgan fingerprint density at radius 3 is 3.05 bits per heavy atom. The second-order valence-electron chi connectivity index (χ2n) is 4.80. The van der Waals surface area contributed by atoms with E-state index in [2.05, 4.69) is 10.3 Å². The Morgan fingerprint density at radius 1 is 1.74 bits per heavy atom. The van der Waals surface area contributed by atoms with Crippen molar-refractivity contribution in [2.45, 2.75) is 26.4 Å². The number of aliphatic hydroxyl groups excluding tert-OH is 1. The minimum Gasteiger partial charge on any atom is -0.393 e. The quantitative estimate of drug-likeness (QED) is 0.767. The van der Waals surface area contributed by atoms with Crippen LogP contribution in [0.15, 0.2) is 0 Å². The summed E-state index contributed by atoms with van der Waals surface area (Å²) in [5.41, 5.74) is 5.80. The molecule has 1 fully saturated rings. The van der Waals surface area contributed by atoms with Crippen molar-refractivity contribution in [3.63, 3.8) is 0 Å². The summed E-state index contributed by atoms with van der Waals surface area (Å²) in [5.74, 6) is 0.361. The fraction of sp³-hybridized carbons (Fsp3) is 0.667. The van der Waals surface area contributed by atoms with Gasteiger partial charge in [-0.2, -0.15) is 0 Å². The molecule has 0 saturated carbocycles. The van der Waals surface area contributed by atoms with E-state index in [0.29, 0.717) is 23.1 Å². The first-order chi connectivity index (χ1) is 9.02. The molecular formula is C12H20N4O2S. The first-order valence-corrected chi connectivity index (χ1v) is 7.32. The number of aliphatic hydroxyl groups is 1. The van der Waals surface area contributed by atoms with Gasteiger partial charge in [0.05, 0.1) is 6.10 Å². The molecule has 2 unspecified atom stereocenters. The predicted octanol–water partition coefficient (Wildman–Crippen LogP) is 1.000. The van der Waals surface area contributed by atoms with Gasteiger partial charge in [-0.05, 0) is 20.3 Å². The van der Waals surface area contributed by atoms with Gasteiger partial charge in [0.15, 0.2) is 5.13 Å². The molecule has 1 aliphatic rings. The van der Waals surface area contributed by atoms with Crippen molar-refractivity contribution in [1.82, 2.24) is 9.88 Å². The summed E-state index contributed by atoms with van der Waals surface area (Å²) >= 11 is 1.29. The molecule has 0 radical (unpaired) electrons. The average Bonchev–Trinajstić information content (AvgIpc) is 2.96. The van der Waals surface area contributed by atoms with Gasteiger partial charge in [0, 0.05) is 25.6 Å². The SMILES string of the molecule is CCNc1nc(N)c(C(=O)N2CCC(C(C)O)C2)s1. The normalized spacial score (nSPS) is 20.6. The molecule has 1 aromatic heterocycles. The molecular weight excluding hydrogens is 264 g/mol. The third kappa shape index (κ3) is 2.98. The van der Waals surface area contributed by atoms with E-state index in [0.717, 1.165) is 13.0 Å². The van der Waals surface area contributed by atoms with Gasteiger partial charge >= 0.3 is 0 Å². The number of rotatable bonds is 4. The van der Waals surface area contributed by atoms with Gasteiger partial charge in [0.2, 0.25) is 0 Å². The second-order valence-corrected chi connectivity index (χ2v) is 5.80. The van der Waals surface area contributed by atoms with Gasteiger partial charge in [-0.3, -0.25) is 4.79 Å². The predicted molar refractivity (Wildman–Crippen MR) is 76.4 cm³/mol. The zero-order valence-corrected chi connectivity index (χ0v) is 12.0. The summed E-state index contributed by atoms with van der Waals surface area (Å²) < 4.78 is 0. The molecule has 1 aromatic rings. The molecule has 19 heavy (non-hydrogen) atoms. The molecule has 6 nitrogen and oxygen atoms in total. The summed E-state index contributed by atoms with van der Waals surface area (Å²) in [4.78, 5) is 18.7. The van der Waals surface area contributed by atoms with Crippen LogP contribution in [0.2, 0.25) is 0 Å². The van der Waals surface area contributed by atoms with E-state index in [1.165, 1.54) is 11.3 Å². The van der Waals surface area contributed by atoms with Gasteiger partial charge < -0.3 is 21.1 Å². The number of amides is 1. The van der Waals surface area contributed by atoms with Crippen molar-refractivity contribution in [3.8, 4) is 0 Å². The number of carbonyl (C=O) groups is 1.